The van der Waals surface area contributed by atoms with Crippen molar-refractivity contribution in [3.05, 3.63) is 42.6 Å². The first-order chi connectivity index (χ1) is 11.3. The zero-order valence-electron chi connectivity index (χ0n) is 14.1. The first-order valence-corrected chi connectivity index (χ1v) is 7.67. The van der Waals surface area contributed by atoms with Crippen LogP contribution in [0.3, 0.4) is 0 Å². The molecule has 124 valence electrons. The fourth-order valence-corrected chi connectivity index (χ4v) is 2.24. The molecular formula is C16H19BN4O3. The Labute approximate surface area is 141 Å². The molecule has 1 N–H and O–H groups in total. The number of pyridine rings is 1. The Morgan fingerprint density at radius 3 is 2.42 bits per heavy atom. The summed E-state index contributed by atoms with van der Waals surface area (Å²) in [6, 6.07) is 3.54. The molecule has 1 amide bonds. The van der Waals surface area contributed by atoms with Crippen LogP contribution in [-0.4, -0.2) is 39.2 Å². The zero-order chi connectivity index (χ0) is 17.4. The highest BCUT2D eigenvalue weighted by molar-refractivity contribution is 6.62. The lowest BCUT2D eigenvalue weighted by atomic mass is 9.80. The molecule has 0 aromatic carbocycles. The summed E-state index contributed by atoms with van der Waals surface area (Å²) in [6.45, 7) is 7.96. The summed E-state index contributed by atoms with van der Waals surface area (Å²) < 4.78 is 12.0. The van der Waals surface area contributed by atoms with Gasteiger partial charge in [-0.1, -0.05) is 0 Å². The fourth-order valence-electron chi connectivity index (χ4n) is 2.24. The highest BCUT2D eigenvalue weighted by atomic mass is 16.7. The Morgan fingerprint density at radius 2 is 1.79 bits per heavy atom. The average molecular weight is 326 g/mol. The molecule has 2 aromatic heterocycles. The minimum absolute atomic E-state index is 0.223. The van der Waals surface area contributed by atoms with Gasteiger partial charge in [-0.15, -0.1) is 0 Å². The number of hydrogen-bond acceptors (Lipinski definition) is 6. The number of aromatic nitrogens is 3. The number of nitrogens with zero attached hydrogens (tertiary/aromatic N) is 3. The maximum absolute atomic E-state index is 12.1. The van der Waals surface area contributed by atoms with Crippen LogP contribution in [0.2, 0.25) is 0 Å². The van der Waals surface area contributed by atoms with Crippen molar-refractivity contribution in [2.45, 2.75) is 38.9 Å². The molecule has 24 heavy (non-hydrogen) atoms. The second-order valence-electron chi connectivity index (χ2n) is 6.61. The maximum Gasteiger partial charge on any atom is 0.495 e. The lowest BCUT2D eigenvalue weighted by Gasteiger charge is -2.32. The number of carbonyl (C=O) groups excluding carboxylic acids is 1. The van der Waals surface area contributed by atoms with Crippen LogP contribution in [0.4, 0.5) is 5.82 Å². The SMILES string of the molecule is CC1(C)OB(c2ccnc(NC(=O)c3cnccn3)c2)OC1(C)C. The molecule has 0 atom stereocenters. The summed E-state index contributed by atoms with van der Waals surface area (Å²) >= 11 is 0. The van der Waals surface area contributed by atoms with E-state index in [0.717, 1.165) is 5.46 Å². The van der Waals surface area contributed by atoms with Crippen LogP contribution < -0.4 is 10.8 Å². The van der Waals surface area contributed by atoms with E-state index in [-0.39, 0.29) is 11.6 Å². The Kier molecular flexibility index (Phi) is 4.10. The molecule has 2 aromatic rings. The van der Waals surface area contributed by atoms with E-state index in [2.05, 4.69) is 20.3 Å². The van der Waals surface area contributed by atoms with Gasteiger partial charge < -0.3 is 14.6 Å². The van der Waals surface area contributed by atoms with Crippen LogP contribution in [-0.2, 0) is 9.31 Å². The van der Waals surface area contributed by atoms with E-state index in [1.54, 1.807) is 18.3 Å². The van der Waals surface area contributed by atoms with Crippen LogP contribution in [0.15, 0.2) is 36.9 Å². The van der Waals surface area contributed by atoms with Crippen molar-refractivity contribution in [3.63, 3.8) is 0 Å². The van der Waals surface area contributed by atoms with Crippen LogP contribution in [0.25, 0.3) is 0 Å². The van der Waals surface area contributed by atoms with Crippen molar-refractivity contribution in [2.75, 3.05) is 5.32 Å². The molecule has 0 aliphatic carbocycles. The first-order valence-electron chi connectivity index (χ1n) is 7.67. The fraction of sp³-hybridized carbons (Fsp3) is 0.375. The second-order valence-corrected chi connectivity index (χ2v) is 6.61. The second kappa shape index (κ2) is 5.96. The molecule has 1 aliphatic heterocycles. The summed E-state index contributed by atoms with van der Waals surface area (Å²) in [5.41, 5.74) is 0.159. The van der Waals surface area contributed by atoms with Gasteiger partial charge in [0, 0.05) is 18.6 Å². The number of carbonyl (C=O) groups is 1. The minimum atomic E-state index is -0.509. The minimum Gasteiger partial charge on any atom is -0.399 e. The van der Waals surface area contributed by atoms with Gasteiger partial charge >= 0.3 is 7.12 Å². The molecule has 0 bridgehead atoms. The van der Waals surface area contributed by atoms with Gasteiger partial charge in [0.25, 0.3) is 5.91 Å². The molecule has 0 unspecified atom stereocenters. The van der Waals surface area contributed by atoms with Crippen LogP contribution in [0.1, 0.15) is 38.2 Å². The smallest absolute Gasteiger partial charge is 0.399 e. The first kappa shape index (κ1) is 16.5. The van der Waals surface area contributed by atoms with Gasteiger partial charge in [0.05, 0.1) is 17.4 Å². The van der Waals surface area contributed by atoms with Crippen molar-refractivity contribution in [3.8, 4) is 0 Å². The Bertz CT molecular complexity index is 736. The summed E-state index contributed by atoms with van der Waals surface area (Å²) in [7, 11) is -0.509. The summed E-state index contributed by atoms with van der Waals surface area (Å²) in [5, 5.41) is 2.70. The molecular weight excluding hydrogens is 307 g/mol. The van der Waals surface area contributed by atoms with Gasteiger partial charge in [0.2, 0.25) is 0 Å². The molecule has 1 aliphatic rings. The summed E-state index contributed by atoms with van der Waals surface area (Å²) in [4.78, 5) is 24.1. The van der Waals surface area contributed by atoms with Gasteiger partial charge in [0.15, 0.2) is 0 Å². The molecule has 8 heteroatoms. The molecule has 3 heterocycles. The van der Waals surface area contributed by atoms with Gasteiger partial charge in [-0.2, -0.15) is 0 Å². The Balaban J connectivity index is 1.77. The highest BCUT2D eigenvalue weighted by Gasteiger charge is 2.51. The third kappa shape index (κ3) is 3.15. The topological polar surface area (TPSA) is 86.2 Å². The number of hydrogen-bond donors (Lipinski definition) is 1. The lowest BCUT2D eigenvalue weighted by molar-refractivity contribution is 0.00578. The van der Waals surface area contributed by atoms with Gasteiger partial charge in [-0.3, -0.25) is 9.78 Å². The van der Waals surface area contributed by atoms with E-state index in [1.165, 1.54) is 18.6 Å². The third-order valence-corrected chi connectivity index (χ3v) is 4.35. The Morgan fingerprint density at radius 1 is 1.08 bits per heavy atom. The summed E-state index contributed by atoms with van der Waals surface area (Å²) in [6.07, 6.45) is 5.97. The Hall–Kier alpha value is -2.32. The van der Waals surface area contributed by atoms with Gasteiger partial charge in [-0.05, 0) is 45.3 Å². The predicted octanol–water partition coefficient (Wildman–Crippen LogP) is 1.42. The molecule has 3 rings (SSSR count). The van der Waals surface area contributed by atoms with E-state index in [9.17, 15) is 4.79 Å². The van der Waals surface area contributed by atoms with Crippen molar-refractivity contribution < 1.29 is 14.1 Å². The number of nitrogens with one attached hydrogen (secondary N) is 1. The van der Waals surface area contributed by atoms with Crippen molar-refractivity contribution in [1.29, 1.82) is 0 Å². The predicted molar refractivity (Wildman–Crippen MR) is 89.9 cm³/mol. The number of anilines is 1. The molecule has 1 saturated heterocycles. The molecule has 0 spiro atoms. The van der Waals surface area contributed by atoms with Gasteiger partial charge in [0.1, 0.15) is 11.5 Å². The summed E-state index contributed by atoms with van der Waals surface area (Å²) in [5.74, 6) is 0.0273. The van der Waals surface area contributed by atoms with Gasteiger partial charge in [-0.25, -0.2) is 9.97 Å². The monoisotopic (exact) mass is 326 g/mol. The number of rotatable bonds is 3. The van der Waals surface area contributed by atoms with Crippen molar-refractivity contribution in [1.82, 2.24) is 15.0 Å². The largest absolute Gasteiger partial charge is 0.495 e. The standard InChI is InChI=1S/C16H19BN4O3/c1-15(2)16(3,4)24-17(23-15)11-5-6-20-13(9-11)21-14(22)12-10-18-7-8-19-12/h5-10H,1-4H3,(H,20,21,22). The molecule has 7 nitrogen and oxygen atoms in total. The van der Waals surface area contributed by atoms with E-state index in [1.807, 2.05) is 27.7 Å². The average Bonchev–Trinajstić information content (AvgIpc) is 2.76. The normalized spacial score (nSPS) is 18.4. The number of amides is 1. The molecule has 0 saturated carbocycles. The lowest BCUT2D eigenvalue weighted by Crippen LogP contribution is -2.41. The highest BCUT2D eigenvalue weighted by Crippen LogP contribution is 2.36. The van der Waals surface area contributed by atoms with Crippen molar-refractivity contribution >= 4 is 24.3 Å². The van der Waals surface area contributed by atoms with E-state index in [4.69, 9.17) is 9.31 Å². The van der Waals surface area contributed by atoms with Crippen LogP contribution in [0.5, 0.6) is 0 Å². The third-order valence-electron chi connectivity index (χ3n) is 4.35. The van der Waals surface area contributed by atoms with Crippen molar-refractivity contribution in [2.24, 2.45) is 0 Å². The molecule has 1 fully saturated rings. The van der Waals surface area contributed by atoms with Crippen LogP contribution in [0, 0.1) is 0 Å². The van der Waals surface area contributed by atoms with Crippen LogP contribution >= 0.6 is 0 Å². The maximum atomic E-state index is 12.1. The molecule has 0 radical (unpaired) electrons. The van der Waals surface area contributed by atoms with E-state index >= 15 is 0 Å². The van der Waals surface area contributed by atoms with E-state index < -0.39 is 18.3 Å². The quantitative estimate of drug-likeness (QED) is 0.859. The van der Waals surface area contributed by atoms with E-state index in [0.29, 0.717) is 5.82 Å². The zero-order valence-corrected chi connectivity index (χ0v) is 14.1.